The van der Waals surface area contributed by atoms with Crippen LogP contribution in [-0.2, 0) is 11.3 Å². The summed E-state index contributed by atoms with van der Waals surface area (Å²) in [7, 11) is 3.44. The second-order valence-electron chi connectivity index (χ2n) is 5.04. The van der Waals surface area contributed by atoms with Crippen LogP contribution < -0.4 is 5.73 Å². The molecule has 118 valence electrons. The Hall–Kier alpha value is -1.59. The van der Waals surface area contributed by atoms with E-state index in [9.17, 15) is 9.59 Å². The number of likely N-dealkylation sites (N-methyl/N-ethyl adjacent to an activating group) is 1. The summed E-state index contributed by atoms with van der Waals surface area (Å²) < 4.78 is 0. The molecule has 0 aromatic heterocycles. The third kappa shape index (κ3) is 5.36. The molecular weight excluding hydrogens is 290 g/mol. The minimum atomic E-state index is -0.496. The van der Waals surface area contributed by atoms with E-state index < -0.39 is 6.04 Å². The molecule has 0 saturated carbocycles. The second kappa shape index (κ2) is 8.64. The average molecular weight is 314 g/mol. The largest absolute Gasteiger partial charge is 0.345 e. The predicted octanol–water partition coefficient (Wildman–Crippen LogP) is 1.51. The molecule has 0 radical (unpaired) electrons. The van der Waals surface area contributed by atoms with Crippen molar-refractivity contribution in [3.05, 3.63) is 35.4 Å². The van der Waals surface area contributed by atoms with Crippen LogP contribution in [-0.4, -0.2) is 48.3 Å². The van der Waals surface area contributed by atoms with E-state index in [1.54, 1.807) is 38.1 Å². The number of nitrogens with two attached hydrogens (primary N) is 1. The van der Waals surface area contributed by atoms with Gasteiger partial charge in [0.15, 0.2) is 0 Å². The summed E-state index contributed by atoms with van der Waals surface area (Å²) in [5, 5.41) is 0. The third-order valence-corrected chi connectivity index (χ3v) is 3.06. The number of carbonyl (C=O) groups is 2. The molecule has 2 amide bonds. The molecule has 0 heterocycles. The smallest absolute Gasteiger partial charge is 0.253 e. The first-order valence-electron chi connectivity index (χ1n) is 6.71. The summed E-state index contributed by atoms with van der Waals surface area (Å²) in [4.78, 5) is 26.9. The molecule has 0 spiro atoms. The van der Waals surface area contributed by atoms with E-state index in [2.05, 4.69) is 0 Å². The van der Waals surface area contributed by atoms with Gasteiger partial charge in [-0.3, -0.25) is 9.59 Å². The van der Waals surface area contributed by atoms with Crippen molar-refractivity contribution < 1.29 is 9.59 Å². The van der Waals surface area contributed by atoms with Gasteiger partial charge in [0.05, 0.1) is 6.04 Å². The molecule has 0 unspecified atom stereocenters. The summed E-state index contributed by atoms with van der Waals surface area (Å²) in [6, 6.07) is 6.80. The molecule has 0 aliphatic rings. The van der Waals surface area contributed by atoms with Crippen molar-refractivity contribution in [3.63, 3.8) is 0 Å². The molecule has 0 fully saturated rings. The molecule has 1 aromatic rings. The van der Waals surface area contributed by atoms with Gasteiger partial charge in [0.2, 0.25) is 5.91 Å². The van der Waals surface area contributed by atoms with Gasteiger partial charge in [-0.25, -0.2) is 0 Å². The van der Waals surface area contributed by atoms with Crippen LogP contribution in [0.15, 0.2) is 24.3 Å². The first-order valence-corrected chi connectivity index (χ1v) is 6.71. The lowest BCUT2D eigenvalue weighted by Crippen LogP contribution is -2.41. The molecule has 0 saturated heterocycles. The van der Waals surface area contributed by atoms with Crippen LogP contribution in [0.1, 0.15) is 29.8 Å². The Bertz CT molecular complexity index is 472. The summed E-state index contributed by atoms with van der Waals surface area (Å²) in [6.07, 6.45) is 0. The van der Waals surface area contributed by atoms with Crippen LogP contribution in [0.3, 0.4) is 0 Å². The van der Waals surface area contributed by atoms with Gasteiger partial charge in [-0.1, -0.05) is 12.1 Å². The van der Waals surface area contributed by atoms with Gasteiger partial charge >= 0.3 is 0 Å². The van der Waals surface area contributed by atoms with Crippen molar-refractivity contribution >= 4 is 24.2 Å². The Morgan fingerprint density at radius 2 is 1.71 bits per heavy atom. The van der Waals surface area contributed by atoms with E-state index in [0.29, 0.717) is 18.7 Å². The number of halogens is 1. The standard InChI is InChI=1S/C15H23N3O2.ClH/c1-5-18(14(19)11(2)16)10-12-6-8-13(9-7-12)15(20)17(3)4;/h6-9,11H,5,10,16H2,1-4H3;1H/t11-;/m0./s1. The summed E-state index contributed by atoms with van der Waals surface area (Å²) in [5.74, 6) is -0.100. The van der Waals surface area contributed by atoms with Gasteiger partial charge in [-0.15, -0.1) is 12.4 Å². The Labute approximate surface area is 132 Å². The Morgan fingerprint density at radius 1 is 1.19 bits per heavy atom. The number of nitrogens with zero attached hydrogens (tertiary/aromatic N) is 2. The Balaban J connectivity index is 0.00000400. The number of hydrogen-bond acceptors (Lipinski definition) is 3. The lowest BCUT2D eigenvalue weighted by molar-refractivity contribution is -0.132. The average Bonchev–Trinajstić information content (AvgIpc) is 2.43. The van der Waals surface area contributed by atoms with Crippen molar-refractivity contribution in [2.45, 2.75) is 26.4 Å². The van der Waals surface area contributed by atoms with E-state index in [-0.39, 0.29) is 24.2 Å². The van der Waals surface area contributed by atoms with Crippen molar-refractivity contribution in [3.8, 4) is 0 Å². The fourth-order valence-corrected chi connectivity index (χ4v) is 1.86. The minimum Gasteiger partial charge on any atom is -0.345 e. The van der Waals surface area contributed by atoms with Crippen molar-refractivity contribution in [2.24, 2.45) is 5.73 Å². The van der Waals surface area contributed by atoms with Gasteiger partial charge in [-0.05, 0) is 31.5 Å². The Kier molecular flexibility index (Phi) is 7.99. The molecular formula is C15H24ClN3O2. The molecule has 0 aliphatic heterocycles. The second-order valence-corrected chi connectivity index (χ2v) is 5.04. The van der Waals surface area contributed by atoms with Crippen LogP contribution in [0, 0.1) is 0 Å². The van der Waals surface area contributed by atoms with Gasteiger partial charge in [0, 0.05) is 32.7 Å². The van der Waals surface area contributed by atoms with Crippen LogP contribution in [0.25, 0.3) is 0 Å². The van der Waals surface area contributed by atoms with Gasteiger partial charge in [0.25, 0.3) is 5.91 Å². The van der Waals surface area contributed by atoms with Crippen molar-refractivity contribution in [2.75, 3.05) is 20.6 Å². The van der Waals surface area contributed by atoms with Crippen molar-refractivity contribution in [1.29, 1.82) is 0 Å². The SMILES string of the molecule is CCN(Cc1ccc(C(=O)N(C)C)cc1)C(=O)[C@H](C)N.Cl. The zero-order chi connectivity index (χ0) is 15.3. The number of rotatable bonds is 5. The number of hydrogen-bond donors (Lipinski definition) is 1. The maximum atomic E-state index is 11.9. The summed E-state index contributed by atoms with van der Waals surface area (Å²) >= 11 is 0. The van der Waals surface area contributed by atoms with Crippen molar-refractivity contribution in [1.82, 2.24) is 9.80 Å². The first-order chi connectivity index (χ1) is 9.36. The lowest BCUT2D eigenvalue weighted by atomic mass is 10.1. The molecule has 2 N–H and O–H groups in total. The number of carbonyl (C=O) groups excluding carboxylic acids is 2. The molecule has 1 aromatic carbocycles. The molecule has 1 rings (SSSR count). The number of benzene rings is 1. The minimum absolute atomic E-state index is 0. The summed E-state index contributed by atoms with van der Waals surface area (Å²) in [5.41, 5.74) is 7.24. The van der Waals surface area contributed by atoms with E-state index in [1.165, 1.54) is 4.90 Å². The highest BCUT2D eigenvalue weighted by Gasteiger charge is 2.16. The van der Waals surface area contributed by atoms with Crippen LogP contribution in [0.4, 0.5) is 0 Å². The number of amides is 2. The summed E-state index contributed by atoms with van der Waals surface area (Å²) in [6.45, 7) is 4.72. The molecule has 6 heteroatoms. The van der Waals surface area contributed by atoms with E-state index in [1.807, 2.05) is 19.1 Å². The first kappa shape index (κ1) is 19.4. The van der Waals surface area contributed by atoms with E-state index in [4.69, 9.17) is 5.73 Å². The Morgan fingerprint density at radius 3 is 2.10 bits per heavy atom. The third-order valence-electron chi connectivity index (χ3n) is 3.06. The maximum absolute atomic E-state index is 11.9. The molecule has 1 atom stereocenters. The van der Waals surface area contributed by atoms with E-state index >= 15 is 0 Å². The molecule has 0 bridgehead atoms. The monoisotopic (exact) mass is 313 g/mol. The molecule has 21 heavy (non-hydrogen) atoms. The maximum Gasteiger partial charge on any atom is 0.253 e. The zero-order valence-electron chi connectivity index (χ0n) is 13.0. The fraction of sp³-hybridized carbons (Fsp3) is 0.467. The highest BCUT2D eigenvalue weighted by molar-refractivity contribution is 5.93. The van der Waals surface area contributed by atoms with Crippen LogP contribution in [0.2, 0.25) is 0 Å². The lowest BCUT2D eigenvalue weighted by Gasteiger charge is -2.23. The predicted molar refractivity (Wildman–Crippen MR) is 86.4 cm³/mol. The van der Waals surface area contributed by atoms with Crippen LogP contribution in [0.5, 0.6) is 0 Å². The van der Waals surface area contributed by atoms with Crippen LogP contribution >= 0.6 is 12.4 Å². The fourth-order valence-electron chi connectivity index (χ4n) is 1.86. The van der Waals surface area contributed by atoms with Gasteiger partial charge in [-0.2, -0.15) is 0 Å². The highest BCUT2D eigenvalue weighted by Crippen LogP contribution is 2.09. The molecule has 0 aliphatic carbocycles. The quantitative estimate of drug-likeness (QED) is 0.896. The van der Waals surface area contributed by atoms with Gasteiger partial charge in [0.1, 0.15) is 0 Å². The highest BCUT2D eigenvalue weighted by atomic mass is 35.5. The van der Waals surface area contributed by atoms with Gasteiger partial charge < -0.3 is 15.5 Å². The van der Waals surface area contributed by atoms with E-state index in [0.717, 1.165) is 5.56 Å². The topological polar surface area (TPSA) is 66.6 Å². The normalized spacial score (nSPS) is 11.3. The molecule has 5 nitrogen and oxygen atoms in total. The zero-order valence-corrected chi connectivity index (χ0v) is 13.8.